The molecule has 0 aliphatic heterocycles. The lowest BCUT2D eigenvalue weighted by Crippen LogP contribution is -2.39. The van der Waals surface area contributed by atoms with E-state index in [1.165, 1.54) is 5.56 Å². The van der Waals surface area contributed by atoms with Crippen LogP contribution in [0, 0.1) is 0 Å². The number of benzene rings is 2. The van der Waals surface area contributed by atoms with Crippen LogP contribution in [0.2, 0.25) is 0 Å². The van der Waals surface area contributed by atoms with Crippen LogP contribution in [0.25, 0.3) is 0 Å². The van der Waals surface area contributed by atoms with Crippen LogP contribution in [0.3, 0.4) is 0 Å². The van der Waals surface area contributed by atoms with E-state index in [1.54, 1.807) is 0 Å². The Morgan fingerprint density at radius 2 is 1.64 bits per heavy atom. The van der Waals surface area contributed by atoms with Gasteiger partial charge >= 0.3 is 0 Å². The van der Waals surface area contributed by atoms with Crippen molar-refractivity contribution in [2.24, 2.45) is 0 Å². The summed E-state index contributed by atoms with van der Waals surface area (Å²) in [6.45, 7) is 2.59. The molecule has 3 nitrogen and oxygen atoms in total. The van der Waals surface area contributed by atoms with Crippen LogP contribution in [0.1, 0.15) is 54.4 Å². The quantitative estimate of drug-likeness (QED) is 0.778. The van der Waals surface area contributed by atoms with Gasteiger partial charge in [0.1, 0.15) is 5.75 Å². The second-order valence-electron chi connectivity index (χ2n) is 6.79. The van der Waals surface area contributed by atoms with E-state index >= 15 is 0 Å². The molecular formula is C22H27NO2. The highest BCUT2D eigenvalue weighted by molar-refractivity contribution is 5.94. The molecule has 0 bridgehead atoms. The van der Waals surface area contributed by atoms with Crippen molar-refractivity contribution in [3.8, 4) is 5.75 Å². The first-order valence-electron chi connectivity index (χ1n) is 9.24. The van der Waals surface area contributed by atoms with Gasteiger partial charge < -0.3 is 9.64 Å². The molecule has 1 aliphatic carbocycles. The molecular weight excluding hydrogens is 310 g/mol. The van der Waals surface area contributed by atoms with E-state index in [-0.39, 0.29) is 5.91 Å². The Hall–Kier alpha value is -2.29. The van der Waals surface area contributed by atoms with Gasteiger partial charge in [-0.1, -0.05) is 30.3 Å². The molecule has 0 radical (unpaired) electrons. The largest absolute Gasteiger partial charge is 0.494 e. The van der Waals surface area contributed by atoms with E-state index in [2.05, 4.69) is 30.3 Å². The Kier molecular flexibility index (Phi) is 5.75. The van der Waals surface area contributed by atoms with E-state index < -0.39 is 0 Å². The summed E-state index contributed by atoms with van der Waals surface area (Å²) in [4.78, 5) is 14.7. The van der Waals surface area contributed by atoms with E-state index in [4.69, 9.17) is 4.74 Å². The highest BCUT2D eigenvalue weighted by atomic mass is 16.5. The van der Waals surface area contributed by atoms with Gasteiger partial charge in [0, 0.05) is 18.7 Å². The molecule has 0 unspecified atom stereocenters. The van der Waals surface area contributed by atoms with E-state index in [1.807, 2.05) is 43.1 Å². The topological polar surface area (TPSA) is 29.5 Å². The molecule has 0 N–H and O–H groups in total. The van der Waals surface area contributed by atoms with Gasteiger partial charge in [-0.25, -0.2) is 0 Å². The molecule has 132 valence electrons. The predicted molar refractivity (Wildman–Crippen MR) is 101 cm³/mol. The number of rotatable bonds is 5. The Balaban J connectivity index is 1.58. The number of amides is 1. The number of carbonyl (C=O) groups excluding carboxylic acids is 1. The highest BCUT2D eigenvalue weighted by Crippen LogP contribution is 2.34. The highest BCUT2D eigenvalue weighted by Gasteiger charge is 2.27. The molecule has 0 saturated heterocycles. The minimum absolute atomic E-state index is 0.103. The van der Waals surface area contributed by atoms with Gasteiger partial charge in [-0.3, -0.25) is 4.79 Å². The third-order valence-corrected chi connectivity index (χ3v) is 5.25. The first-order valence-corrected chi connectivity index (χ1v) is 9.24. The number of carbonyl (C=O) groups is 1. The molecule has 3 rings (SSSR count). The zero-order chi connectivity index (χ0) is 17.6. The summed E-state index contributed by atoms with van der Waals surface area (Å²) in [5, 5.41) is 0. The molecule has 1 saturated carbocycles. The van der Waals surface area contributed by atoms with Crippen molar-refractivity contribution in [1.29, 1.82) is 0 Å². The first kappa shape index (κ1) is 17.5. The molecule has 3 heteroatoms. The molecule has 1 amide bonds. The number of nitrogens with zero attached hydrogens (tertiary/aromatic N) is 1. The molecule has 2 aromatic rings. The summed E-state index contributed by atoms with van der Waals surface area (Å²) >= 11 is 0. The summed E-state index contributed by atoms with van der Waals surface area (Å²) in [5.41, 5.74) is 2.16. The average molecular weight is 337 g/mol. The smallest absolute Gasteiger partial charge is 0.253 e. The zero-order valence-electron chi connectivity index (χ0n) is 15.2. The van der Waals surface area contributed by atoms with Crippen LogP contribution < -0.4 is 4.74 Å². The van der Waals surface area contributed by atoms with Crippen molar-refractivity contribution in [2.75, 3.05) is 13.7 Å². The van der Waals surface area contributed by atoms with Crippen molar-refractivity contribution in [3.63, 3.8) is 0 Å². The monoisotopic (exact) mass is 337 g/mol. The lowest BCUT2D eigenvalue weighted by molar-refractivity contribution is 0.0689. The fourth-order valence-electron chi connectivity index (χ4n) is 3.75. The van der Waals surface area contributed by atoms with Gasteiger partial charge in [0.05, 0.1) is 6.61 Å². The normalized spacial score (nSPS) is 20.1. The maximum atomic E-state index is 12.7. The fourth-order valence-corrected chi connectivity index (χ4v) is 3.75. The molecule has 0 aromatic heterocycles. The zero-order valence-corrected chi connectivity index (χ0v) is 15.2. The molecule has 2 aromatic carbocycles. The van der Waals surface area contributed by atoms with Crippen molar-refractivity contribution in [2.45, 2.75) is 44.6 Å². The maximum absolute atomic E-state index is 12.7. The minimum Gasteiger partial charge on any atom is -0.494 e. The van der Waals surface area contributed by atoms with Gasteiger partial charge in [-0.2, -0.15) is 0 Å². The van der Waals surface area contributed by atoms with Crippen LogP contribution in [-0.2, 0) is 0 Å². The molecule has 25 heavy (non-hydrogen) atoms. The van der Waals surface area contributed by atoms with Crippen molar-refractivity contribution in [3.05, 3.63) is 65.7 Å². The van der Waals surface area contributed by atoms with Gasteiger partial charge in [-0.05, 0) is 68.4 Å². The molecule has 0 spiro atoms. The summed E-state index contributed by atoms with van der Waals surface area (Å²) in [6, 6.07) is 18.5. The van der Waals surface area contributed by atoms with Crippen LogP contribution in [0.15, 0.2) is 54.6 Å². The second kappa shape index (κ2) is 8.19. The Morgan fingerprint density at radius 3 is 2.24 bits per heavy atom. The summed E-state index contributed by atoms with van der Waals surface area (Å²) in [6.07, 6.45) is 4.43. The van der Waals surface area contributed by atoms with Crippen molar-refractivity contribution >= 4 is 5.91 Å². The van der Waals surface area contributed by atoms with Gasteiger partial charge in [0.2, 0.25) is 0 Å². The summed E-state index contributed by atoms with van der Waals surface area (Å²) in [7, 11) is 1.94. The average Bonchev–Trinajstić information content (AvgIpc) is 2.68. The number of ether oxygens (including phenoxy) is 1. The number of hydrogen-bond acceptors (Lipinski definition) is 2. The van der Waals surface area contributed by atoms with Crippen LogP contribution in [-0.4, -0.2) is 30.5 Å². The van der Waals surface area contributed by atoms with Gasteiger partial charge in [0.25, 0.3) is 5.91 Å². The Morgan fingerprint density at radius 1 is 1.00 bits per heavy atom. The lowest BCUT2D eigenvalue weighted by atomic mass is 9.81. The summed E-state index contributed by atoms with van der Waals surface area (Å²) < 4.78 is 5.45. The molecule has 0 atom stereocenters. The van der Waals surface area contributed by atoms with Crippen molar-refractivity contribution in [1.82, 2.24) is 4.90 Å². The fraction of sp³-hybridized carbons (Fsp3) is 0.409. The SMILES string of the molecule is CCOc1ccc(C(=O)N(C)C2CCC(c3ccccc3)CC2)cc1. The third kappa shape index (κ3) is 4.22. The maximum Gasteiger partial charge on any atom is 0.253 e. The molecule has 1 fully saturated rings. The van der Waals surface area contributed by atoms with Crippen LogP contribution in [0.5, 0.6) is 5.75 Å². The minimum atomic E-state index is 0.103. The first-order chi connectivity index (χ1) is 12.2. The standard InChI is InChI=1S/C22H27NO2/c1-3-25-21-15-11-19(12-16-21)22(24)23(2)20-13-9-18(10-14-20)17-7-5-4-6-8-17/h4-8,11-12,15-16,18,20H,3,9-10,13-14H2,1-2H3. The second-order valence-corrected chi connectivity index (χ2v) is 6.79. The van der Waals surface area contributed by atoms with Gasteiger partial charge in [-0.15, -0.1) is 0 Å². The van der Waals surface area contributed by atoms with Crippen LogP contribution >= 0.6 is 0 Å². The van der Waals surface area contributed by atoms with E-state index in [9.17, 15) is 4.79 Å². The van der Waals surface area contributed by atoms with Crippen molar-refractivity contribution < 1.29 is 9.53 Å². The Bertz CT molecular complexity index is 673. The Labute approximate surface area is 150 Å². The lowest BCUT2D eigenvalue weighted by Gasteiger charge is -2.35. The molecule has 1 aliphatic rings. The van der Waals surface area contributed by atoms with Gasteiger partial charge in [0.15, 0.2) is 0 Å². The van der Waals surface area contributed by atoms with Crippen LogP contribution in [0.4, 0.5) is 0 Å². The molecule has 0 heterocycles. The van der Waals surface area contributed by atoms with E-state index in [0.29, 0.717) is 18.6 Å². The van der Waals surface area contributed by atoms with E-state index in [0.717, 1.165) is 37.0 Å². The third-order valence-electron chi connectivity index (χ3n) is 5.25. The predicted octanol–water partition coefficient (Wildman–Crippen LogP) is 4.88. The summed E-state index contributed by atoms with van der Waals surface area (Å²) in [5.74, 6) is 1.54. The number of hydrogen-bond donors (Lipinski definition) is 0.